The summed E-state index contributed by atoms with van der Waals surface area (Å²) in [5.41, 5.74) is 5.04. The number of nitrogens with one attached hydrogen (secondary N) is 1. The summed E-state index contributed by atoms with van der Waals surface area (Å²) in [5, 5.41) is 0. The maximum absolute atomic E-state index is 5.90. The highest BCUT2D eigenvalue weighted by Gasteiger charge is 2.59. The van der Waals surface area contributed by atoms with Crippen molar-refractivity contribution in [1.82, 2.24) is 5.43 Å². The topological polar surface area (TPSA) is 38.0 Å². The molecule has 4 aliphatic rings. The first-order valence-corrected chi connectivity index (χ1v) is 9.36. The predicted molar refractivity (Wildman–Crippen MR) is 89.7 cm³/mol. The molecule has 0 aromatic rings. The Morgan fingerprint density at radius 1 is 1.05 bits per heavy atom. The first-order chi connectivity index (χ1) is 9.90. The lowest BCUT2D eigenvalue weighted by Crippen LogP contribution is -2.56. The number of hydrogen-bond donors (Lipinski definition) is 2. The molecule has 0 aliphatic heterocycles. The molecule has 0 aromatic carbocycles. The molecule has 3 unspecified atom stereocenters. The van der Waals surface area contributed by atoms with Crippen LogP contribution in [0.25, 0.3) is 0 Å². The molecule has 0 amide bonds. The fourth-order valence-corrected chi connectivity index (χ4v) is 7.32. The second-order valence-electron chi connectivity index (χ2n) is 9.69. The number of rotatable bonds is 7. The van der Waals surface area contributed by atoms with Crippen LogP contribution in [-0.4, -0.2) is 6.04 Å². The zero-order chi connectivity index (χ0) is 15.1. The molecule has 2 heteroatoms. The highest BCUT2D eigenvalue weighted by Crippen LogP contribution is 2.70. The predicted octanol–water partition coefficient (Wildman–Crippen LogP) is 4.79. The Hall–Kier alpha value is -0.0800. The third kappa shape index (κ3) is 3.17. The molecule has 0 aromatic heterocycles. The van der Waals surface area contributed by atoms with Crippen LogP contribution in [0.3, 0.4) is 0 Å². The van der Waals surface area contributed by atoms with Crippen LogP contribution in [0.5, 0.6) is 0 Å². The van der Waals surface area contributed by atoms with Gasteiger partial charge in [0.2, 0.25) is 0 Å². The van der Waals surface area contributed by atoms with Gasteiger partial charge in [0, 0.05) is 6.04 Å². The van der Waals surface area contributed by atoms with Crippen molar-refractivity contribution in [3.8, 4) is 0 Å². The summed E-state index contributed by atoms with van der Waals surface area (Å²) in [6, 6.07) is 0.542. The van der Waals surface area contributed by atoms with Gasteiger partial charge in [-0.1, -0.05) is 40.0 Å². The van der Waals surface area contributed by atoms with Crippen molar-refractivity contribution < 1.29 is 0 Å². The summed E-state index contributed by atoms with van der Waals surface area (Å²) >= 11 is 0. The van der Waals surface area contributed by atoms with Crippen molar-refractivity contribution in [1.29, 1.82) is 0 Å². The van der Waals surface area contributed by atoms with Crippen LogP contribution < -0.4 is 11.3 Å². The normalized spacial score (nSPS) is 46.0. The minimum atomic E-state index is 0.542. The first kappa shape index (κ1) is 15.8. The SMILES string of the molecule is CCCCCC(CC12CC3CC(C)(CC(C)(C3)C1)C2)NN. The zero-order valence-corrected chi connectivity index (χ0v) is 14.5. The van der Waals surface area contributed by atoms with Crippen LogP contribution in [-0.2, 0) is 0 Å². The van der Waals surface area contributed by atoms with E-state index < -0.39 is 0 Å². The Labute approximate surface area is 131 Å². The molecule has 4 aliphatic carbocycles. The van der Waals surface area contributed by atoms with Gasteiger partial charge in [-0.2, -0.15) is 0 Å². The van der Waals surface area contributed by atoms with Crippen molar-refractivity contribution in [2.75, 3.05) is 0 Å². The minimum Gasteiger partial charge on any atom is -0.271 e. The van der Waals surface area contributed by atoms with E-state index in [4.69, 9.17) is 5.84 Å². The fourth-order valence-electron chi connectivity index (χ4n) is 7.32. The van der Waals surface area contributed by atoms with E-state index in [1.807, 2.05) is 0 Å². The molecule has 2 nitrogen and oxygen atoms in total. The molecule has 4 fully saturated rings. The van der Waals surface area contributed by atoms with E-state index in [1.54, 1.807) is 0 Å². The summed E-state index contributed by atoms with van der Waals surface area (Å²) in [4.78, 5) is 0. The van der Waals surface area contributed by atoms with Crippen molar-refractivity contribution in [2.45, 2.75) is 97.4 Å². The van der Waals surface area contributed by atoms with Crippen molar-refractivity contribution in [3.05, 3.63) is 0 Å². The summed E-state index contributed by atoms with van der Waals surface area (Å²) < 4.78 is 0. The van der Waals surface area contributed by atoms with Crippen LogP contribution >= 0.6 is 0 Å². The molecular formula is C19H36N2. The van der Waals surface area contributed by atoms with E-state index in [9.17, 15) is 0 Å². The Bertz CT molecular complexity index is 360. The van der Waals surface area contributed by atoms with Gasteiger partial charge in [-0.15, -0.1) is 0 Å². The summed E-state index contributed by atoms with van der Waals surface area (Å²) in [6.07, 6.45) is 15.5. The van der Waals surface area contributed by atoms with Crippen LogP contribution in [0.15, 0.2) is 0 Å². The van der Waals surface area contributed by atoms with E-state index in [2.05, 4.69) is 26.2 Å². The lowest BCUT2D eigenvalue weighted by molar-refractivity contribution is -0.150. The molecule has 0 saturated heterocycles. The van der Waals surface area contributed by atoms with Gasteiger partial charge >= 0.3 is 0 Å². The number of hydrazine groups is 1. The van der Waals surface area contributed by atoms with Crippen molar-refractivity contribution in [2.24, 2.45) is 28.0 Å². The van der Waals surface area contributed by atoms with Crippen LogP contribution in [0.1, 0.15) is 91.4 Å². The largest absolute Gasteiger partial charge is 0.271 e. The van der Waals surface area contributed by atoms with Gasteiger partial charge in [-0.25, -0.2) is 0 Å². The Morgan fingerprint density at radius 3 is 2.24 bits per heavy atom. The monoisotopic (exact) mass is 292 g/mol. The Balaban J connectivity index is 1.69. The second kappa shape index (κ2) is 5.53. The summed E-state index contributed by atoms with van der Waals surface area (Å²) in [7, 11) is 0. The van der Waals surface area contributed by atoms with Gasteiger partial charge in [0.1, 0.15) is 0 Å². The number of unbranched alkanes of at least 4 members (excludes halogenated alkanes) is 2. The van der Waals surface area contributed by atoms with E-state index in [-0.39, 0.29) is 0 Å². The van der Waals surface area contributed by atoms with E-state index in [0.29, 0.717) is 22.3 Å². The first-order valence-electron chi connectivity index (χ1n) is 9.36. The molecular weight excluding hydrogens is 256 g/mol. The molecule has 4 saturated carbocycles. The van der Waals surface area contributed by atoms with Gasteiger partial charge in [0.15, 0.2) is 0 Å². The van der Waals surface area contributed by atoms with Gasteiger partial charge in [0.05, 0.1) is 0 Å². The Morgan fingerprint density at radius 2 is 1.71 bits per heavy atom. The van der Waals surface area contributed by atoms with Crippen molar-refractivity contribution in [3.63, 3.8) is 0 Å². The van der Waals surface area contributed by atoms with Crippen molar-refractivity contribution >= 4 is 0 Å². The molecule has 4 rings (SSSR count). The smallest absolute Gasteiger partial charge is 0.0215 e. The number of nitrogens with two attached hydrogens (primary N) is 1. The average Bonchev–Trinajstić information content (AvgIpc) is 2.33. The molecule has 0 spiro atoms. The molecule has 0 heterocycles. The van der Waals surface area contributed by atoms with E-state index in [0.717, 1.165) is 5.92 Å². The molecule has 3 atom stereocenters. The highest BCUT2D eigenvalue weighted by molar-refractivity contribution is 5.10. The summed E-state index contributed by atoms with van der Waals surface area (Å²) in [5.74, 6) is 6.91. The average molecular weight is 293 g/mol. The maximum atomic E-state index is 5.90. The van der Waals surface area contributed by atoms with Crippen LogP contribution in [0.4, 0.5) is 0 Å². The fraction of sp³-hybridized carbons (Fsp3) is 1.00. The number of hydrogen-bond acceptors (Lipinski definition) is 2. The third-order valence-electron chi connectivity index (χ3n) is 6.81. The molecule has 122 valence electrons. The molecule has 4 bridgehead atoms. The Kier molecular flexibility index (Phi) is 4.16. The highest BCUT2D eigenvalue weighted by atomic mass is 15.2. The molecule has 21 heavy (non-hydrogen) atoms. The summed E-state index contributed by atoms with van der Waals surface area (Å²) in [6.45, 7) is 7.44. The standard InChI is InChI=1S/C19H36N2/c1-4-5-6-7-16(21-20)11-19-10-15-8-17(2,13-19)12-18(3,9-15)14-19/h15-16,21H,4-14,20H2,1-3H3. The van der Waals surface area contributed by atoms with E-state index >= 15 is 0 Å². The van der Waals surface area contributed by atoms with Gasteiger partial charge in [-0.3, -0.25) is 11.3 Å². The van der Waals surface area contributed by atoms with Gasteiger partial charge < -0.3 is 0 Å². The maximum Gasteiger partial charge on any atom is 0.0215 e. The van der Waals surface area contributed by atoms with Gasteiger partial charge in [0.25, 0.3) is 0 Å². The quantitative estimate of drug-likeness (QED) is 0.402. The zero-order valence-electron chi connectivity index (χ0n) is 14.5. The molecule has 3 N–H and O–H groups in total. The molecule has 0 radical (unpaired) electrons. The van der Waals surface area contributed by atoms with Crippen LogP contribution in [0, 0.1) is 22.2 Å². The lowest BCUT2D eigenvalue weighted by atomic mass is 9.39. The second-order valence-corrected chi connectivity index (χ2v) is 9.69. The lowest BCUT2D eigenvalue weighted by Gasteiger charge is -2.66. The van der Waals surface area contributed by atoms with E-state index in [1.165, 1.54) is 70.6 Å². The van der Waals surface area contributed by atoms with Gasteiger partial charge in [-0.05, 0) is 73.5 Å². The third-order valence-corrected chi connectivity index (χ3v) is 6.81. The minimum absolute atomic E-state index is 0.542. The van der Waals surface area contributed by atoms with Crippen LogP contribution in [0.2, 0.25) is 0 Å².